The molecule has 1 amide bonds. The third-order valence-corrected chi connectivity index (χ3v) is 9.36. The Morgan fingerprint density at radius 2 is 1.62 bits per heavy atom. The highest BCUT2D eigenvalue weighted by molar-refractivity contribution is 7.89. The second-order valence-corrected chi connectivity index (χ2v) is 12.4. The summed E-state index contributed by atoms with van der Waals surface area (Å²) in [5.74, 6) is 0.114. The molecular weight excluding hydrogens is 478 g/mol. The molecule has 1 saturated heterocycles. The monoisotopic (exact) mass is 509 g/mol. The van der Waals surface area contributed by atoms with E-state index >= 15 is 0 Å². The van der Waals surface area contributed by atoms with Gasteiger partial charge in [0.1, 0.15) is 12.4 Å². The Labute approximate surface area is 201 Å². The van der Waals surface area contributed by atoms with Crippen LogP contribution < -0.4 is 10.1 Å². The molecule has 0 saturated carbocycles. The first-order valence-electron chi connectivity index (χ1n) is 11.0. The number of carbonyl (C=O) groups is 1. The summed E-state index contributed by atoms with van der Waals surface area (Å²) < 4.78 is 57.7. The molecule has 1 fully saturated rings. The minimum absolute atomic E-state index is 0.0376. The normalized spacial score (nSPS) is 15.9. The van der Waals surface area contributed by atoms with Gasteiger partial charge in [0.25, 0.3) is 0 Å². The number of nitrogens with one attached hydrogen (secondary N) is 1. The van der Waals surface area contributed by atoms with Gasteiger partial charge in [-0.15, -0.1) is 0 Å². The summed E-state index contributed by atoms with van der Waals surface area (Å²) in [5, 5.41) is 2.83. The van der Waals surface area contributed by atoms with E-state index in [4.69, 9.17) is 4.74 Å². The molecule has 1 aliphatic heterocycles. The van der Waals surface area contributed by atoms with Crippen LogP contribution >= 0.6 is 0 Å². The molecule has 34 heavy (non-hydrogen) atoms. The predicted molar refractivity (Wildman–Crippen MR) is 129 cm³/mol. The molecule has 0 aromatic heterocycles. The maximum Gasteiger partial charge on any atom is 0.242 e. The Kier molecular flexibility index (Phi) is 8.69. The fraction of sp³-hybridized carbons (Fsp3) is 0.435. The van der Waals surface area contributed by atoms with Gasteiger partial charge in [-0.2, -0.15) is 0 Å². The van der Waals surface area contributed by atoms with Gasteiger partial charge in [0.15, 0.2) is 0 Å². The number of carbonyl (C=O) groups excluding carboxylic acids is 1. The lowest BCUT2D eigenvalue weighted by atomic mass is 9.97. The number of nitrogens with zero attached hydrogens (tertiary/aromatic N) is 2. The lowest BCUT2D eigenvalue weighted by Crippen LogP contribution is -2.43. The van der Waals surface area contributed by atoms with Gasteiger partial charge in [0.2, 0.25) is 26.0 Å². The number of sulfonamides is 2. The smallest absolute Gasteiger partial charge is 0.242 e. The standard InChI is InChI=1S/C23H31N3O6S2/c1-25(2)34(30,31)22-10-8-21(9-11-22)32-17-14-24-23(27)20-12-15-26(16-13-20)33(28,29)18-19-6-4-3-5-7-19/h3-11,20H,12-18H2,1-2H3,(H,24,27). The summed E-state index contributed by atoms with van der Waals surface area (Å²) >= 11 is 0. The van der Waals surface area contributed by atoms with E-state index in [-0.39, 0.29) is 29.1 Å². The van der Waals surface area contributed by atoms with Crippen molar-refractivity contribution < 1.29 is 26.4 Å². The largest absolute Gasteiger partial charge is 0.492 e. The van der Waals surface area contributed by atoms with Crippen molar-refractivity contribution in [1.29, 1.82) is 0 Å². The van der Waals surface area contributed by atoms with Crippen LogP contribution in [0.25, 0.3) is 0 Å². The van der Waals surface area contributed by atoms with Gasteiger partial charge in [0, 0.05) is 33.1 Å². The van der Waals surface area contributed by atoms with Crippen molar-refractivity contribution in [1.82, 2.24) is 13.9 Å². The topological polar surface area (TPSA) is 113 Å². The Balaban J connectivity index is 1.39. The average molecular weight is 510 g/mol. The maximum absolute atomic E-state index is 12.7. The van der Waals surface area contributed by atoms with Gasteiger partial charge < -0.3 is 10.1 Å². The molecule has 2 aromatic carbocycles. The lowest BCUT2D eigenvalue weighted by Gasteiger charge is -2.30. The van der Waals surface area contributed by atoms with Crippen LogP contribution in [0.1, 0.15) is 18.4 Å². The molecule has 1 N–H and O–H groups in total. The maximum atomic E-state index is 12.7. The number of rotatable bonds is 10. The number of amides is 1. The van der Waals surface area contributed by atoms with Crippen LogP contribution in [0.3, 0.4) is 0 Å². The van der Waals surface area contributed by atoms with Crippen LogP contribution in [0.4, 0.5) is 0 Å². The first-order chi connectivity index (χ1) is 16.1. The molecule has 2 aromatic rings. The molecule has 0 atom stereocenters. The molecule has 0 bridgehead atoms. The molecule has 0 unspecified atom stereocenters. The van der Waals surface area contributed by atoms with Gasteiger partial charge in [-0.25, -0.2) is 25.4 Å². The molecule has 0 radical (unpaired) electrons. The molecule has 3 rings (SSSR count). The van der Waals surface area contributed by atoms with Gasteiger partial charge in [0.05, 0.1) is 17.2 Å². The van der Waals surface area contributed by atoms with Crippen molar-refractivity contribution in [3.05, 3.63) is 60.2 Å². The van der Waals surface area contributed by atoms with E-state index in [1.807, 2.05) is 18.2 Å². The van der Waals surface area contributed by atoms with Crippen LogP contribution in [0.2, 0.25) is 0 Å². The van der Waals surface area contributed by atoms with E-state index in [9.17, 15) is 21.6 Å². The number of hydrogen-bond donors (Lipinski definition) is 1. The molecule has 9 nitrogen and oxygen atoms in total. The molecule has 0 spiro atoms. The molecule has 0 aliphatic carbocycles. The molecule has 186 valence electrons. The first-order valence-corrected chi connectivity index (χ1v) is 14.1. The highest BCUT2D eigenvalue weighted by atomic mass is 32.2. The van der Waals surface area contributed by atoms with E-state index in [1.54, 1.807) is 24.3 Å². The Morgan fingerprint density at radius 3 is 2.21 bits per heavy atom. The summed E-state index contributed by atoms with van der Waals surface area (Å²) in [4.78, 5) is 12.6. The zero-order chi connectivity index (χ0) is 24.8. The van der Waals surface area contributed by atoms with Crippen molar-refractivity contribution in [3.8, 4) is 5.75 Å². The highest BCUT2D eigenvalue weighted by Gasteiger charge is 2.31. The van der Waals surface area contributed by atoms with Crippen molar-refractivity contribution in [2.75, 3.05) is 40.3 Å². The molecular formula is C23H31N3O6S2. The third-order valence-electron chi connectivity index (χ3n) is 5.68. The fourth-order valence-corrected chi connectivity index (χ4v) is 6.14. The zero-order valence-corrected chi connectivity index (χ0v) is 21.0. The van der Waals surface area contributed by atoms with Crippen molar-refractivity contribution in [2.24, 2.45) is 5.92 Å². The average Bonchev–Trinajstić information content (AvgIpc) is 2.82. The quantitative estimate of drug-likeness (QED) is 0.488. The molecule has 1 heterocycles. The van der Waals surface area contributed by atoms with Crippen LogP contribution in [0, 0.1) is 5.92 Å². The van der Waals surface area contributed by atoms with Crippen molar-refractivity contribution in [3.63, 3.8) is 0 Å². The zero-order valence-electron chi connectivity index (χ0n) is 19.4. The van der Waals surface area contributed by atoms with Gasteiger partial charge >= 0.3 is 0 Å². The van der Waals surface area contributed by atoms with Crippen LogP contribution in [-0.2, 0) is 30.6 Å². The Hall–Kier alpha value is -2.47. The van der Waals surface area contributed by atoms with E-state index in [1.165, 1.54) is 30.5 Å². The van der Waals surface area contributed by atoms with E-state index < -0.39 is 20.0 Å². The second kappa shape index (κ2) is 11.3. The molecule has 11 heteroatoms. The third kappa shape index (κ3) is 6.78. The number of ether oxygens (including phenoxy) is 1. The Morgan fingerprint density at radius 1 is 1.00 bits per heavy atom. The minimum Gasteiger partial charge on any atom is -0.492 e. The van der Waals surface area contributed by atoms with E-state index in [2.05, 4.69) is 5.32 Å². The summed E-state index contributed by atoms with van der Waals surface area (Å²) in [5.41, 5.74) is 0.747. The number of benzene rings is 2. The van der Waals surface area contributed by atoms with E-state index in [0.717, 1.165) is 9.87 Å². The minimum atomic E-state index is -3.49. The summed E-state index contributed by atoms with van der Waals surface area (Å²) in [6, 6.07) is 15.2. The van der Waals surface area contributed by atoms with Crippen LogP contribution in [0.15, 0.2) is 59.5 Å². The van der Waals surface area contributed by atoms with Gasteiger partial charge in [-0.05, 0) is 42.7 Å². The van der Waals surface area contributed by atoms with E-state index in [0.29, 0.717) is 38.2 Å². The number of piperidine rings is 1. The van der Waals surface area contributed by atoms with Crippen molar-refractivity contribution in [2.45, 2.75) is 23.5 Å². The lowest BCUT2D eigenvalue weighted by molar-refractivity contribution is -0.126. The number of hydrogen-bond acceptors (Lipinski definition) is 6. The van der Waals surface area contributed by atoms with Gasteiger partial charge in [-0.3, -0.25) is 4.79 Å². The molecule has 1 aliphatic rings. The SMILES string of the molecule is CN(C)S(=O)(=O)c1ccc(OCCNC(=O)C2CCN(S(=O)(=O)Cc3ccccc3)CC2)cc1. The summed E-state index contributed by atoms with van der Waals surface area (Å²) in [6.45, 7) is 1.18. The van der Waals surface area contributed by atoms with Crippen molar-refractivity contribution >= 4 is 26.0 Å². The Bertz CT molecular complexity index is 1160. The fourth-order valence-electron chi connectivity index (χ4n) is 3.68. The van der Waals surface area contributed by atoms with Crippen LogP contribution in [0.5, 0.6) is 5.75 Å². The highest BCUT2D eigenvalue weighted by Crippen LogP contribution is 2.22. The predicted octanol–water partition coefficient (Wildman–Crippen LogP) is 1.67. The summed E-state index contributed by atoms with van der Waals surface area (Å²) in [6.07, 6.45) is 0.949. The second-order valence-electron chi connectivity index (χ2n) is 8.31. The van der Waals surface area contributed by atoms with Gasteiger partial charge in [-0.1, -0.05) is 30.3 Å². The summed E-state index contributed by atoms with van der Waals surface area (Å²) in [7, 11) is -3.97. The first kappa shape index (κ1) is 26.1. The van der Waals surface area contributed by atoms with Crippen LogP contribution in [-0.4, -0.2) is 71.7 Å².